The zero-order valence-corrected chi connectivity index (χ0v) is 19.2. The molecule has 4 aliphatic carbocycles. The number of nitrogens with one attached hydrogen (secondary N) is 1. The van der Waals surface area contributed by atoms with Crippen LogP contribution >= 0.6 is 0 Å². The van der Waals surface area contributed by atoms with Gasteiger partial charge in [0, 0.05) is 24.3 Å². The average molecular weight is 447 g/mol. The van der Waals surface area contributed by atoms with E-state index in [1.54, 1.807) is 0 Å². The molecule has 174 valence electrons. The average Bonchev–Trinajstić information content (AvgIpc) is 3.29. The number of hydrogen-bond acceptors (Lipinski definition) is 4. The first-order chi connectivity index (χ1) is 16.1. The molecule has 1 aliphatic heterocycles. The number of anilines is 1. The minimum Gasteiger partial charge on any atom is -0.388 e. The van der Waals surface area contributed by atoms with E-state index in [9.17, 15) is 9.90 Å². The summed E-state index contributed by atoms with van der Waals surface area (Å²) in [6.07, 6.45) is 6.54. The van der Waals surface area contributed by atoms with Crippen molar-refractivity contribution in [2.75, 3.05) is 18.0 Å². The molecule has 5 heteroatoms. The van der Waals surface area contributed by atoms with Gasteiger partial charge in [0.25, 0.3) is 5.91 Å². The van der Waals surface area contributed by atoms with Crippen LogP contribution in [0.1, 0.15) is 54.4 Å². The summed E-state index contributed by atoms with van der Waals surface area (Å²) >= 11 is 0. The van der Waals surface area contributed by atoms with E-state index in [1.165, 1.54) is 12.0 Å². The zero-order valence-electron chi connectivity index (χ0n) is 19.2. The van der Waals surface area contributed by atoms with Crippen LogP contribution in [0.15, 0.2) is 54.6 Å². The second kappa shape index (κ2) is 8.44. The molecule has 33 heavy (non-hydrogen) atoms. The van der Waals surface area contributed by atoms with Crippen molar-refractivity contribution in [2.45, 2.75) is 62.9 Å². The Kier molecular flexibility index (Phi) is 5.42. The van der Waals surface area contributed by atoms with E-state index in [0.717, 1.165) is 50.9 Å². The van der Waals surface area contributed by atoms with Crippen LogP contribution in [-0.4, -0.2) is 41.9 Å². The summed E-state index contributed by atoms with van der Waals surface area (Å²) in [4.78, 5) is 15.4. The molecule has 4 atom stereocenters. The number of nitrogens with zero attached hydrogens (tertiary/aromatic N) is 1. The highest BCUT2D eigenvalue weighted by atomic mass is 16.5. The monoisotopic (exact) mass is 446 g/mol. The molecule has 3 unspecified atom stereocenters. The third-order valence-corrected chi connectivity index (χ3v) is 8.53. The minimum atomic E-state index is -0.700. The quantitative estimate of drug-likeness (QED) is 0.700. The molecule has 2 aromatic carbocycles. The lowest BCUT2D eigenvalue weighted by Crippen LogP contribution is -2.66. The van der Waals surface area contributed by atoms with Crippen LogP contribution in [0.5, 0.6) is 0 Å². The van der Waals surface area contributed by atoms with Gasteiger partial charge in [-0.15, -0.1) is 0 Å². The maximum absolute atomic E-state index is 13.0. The number of carbonyl (C=O) groups is 1. The highest BCUT2D eigenvalue weighted by molar-refractivity contribution is 5.94. The van der Waals surface area contributed by atoms with Crippen molar-refractivity contribution in [2.24, 2.45) is 17.8 Å². The standard InChI is InChI=1S/C28H34N2O3/c31-27(29-26-23-13-20-12-21(14-23)16-28(26,32)15-20)22-6-8-24(9-7-22)30-11-10-25(17-30)33-18-19-4-2-1-3-5-19/h1-9,20-21,23,25-26,32H,10-18H2,(H,29,31)/t20?,21?,23?,25-,26?,28?/m1/s1. The molecule has 1 saturated heterocycles. The fraction of sp³-hybridized carbons (Fsp3) is 0.536. The van der Waals surface area contributed by atoms with Crippen LogP contribution in [0.3, 0.4) is 0 Å². The van der Waals surface area contributed by atoms with Crippen molar-refractivity contribution in [1.82, 2.24) is 5.32 Å². The Balaban J connectivity index is 1.05. The maximum atomic E-state index is 13.0. The fourth-order valence-electron chi connectivity index (χ4n) is 7.19. The van der Waals surface area contributed by atoms with E-state index < -0.39 is 5.60 Å². The number of carbonyl (C=O) groups excluding carboxylic acids is 1. The van der Waals surface area contributed by atoms with Crippen LogP contribution in [0.25, 0.3) is 0 Å². The lowest BCUT2D eigenvalue weighted by atomic mass is 9.52. The second-order valence-electron chi connectivity index (χ2n) is 10.9. The van der Waals surface area contributed by atoms with Crippen molar-refractivity contribution in [3.63, 3.8) is 0 Å². The largest absolute Gasteiger partial charge is 0.388 e. The van der Waals surface area contributed by atoms with Gasteiger partial charge < -0.3 is 20.1 Å². The first kappa shape index (κ1) is 21.2. The highest BCUT2D eigenvalue weighted by Gasteiger charge is 2.56. The predicted octanol–water partition coefficient (Wildman–Crippen LogP) is 4.15. The molecule has 0 radical (unpaired) electrons. The minimum absolute atomic E-state index is 0.0575. The molecule has 1 heterocycles. The maximum Gasteiger partial charge on any atom is 0.251 e. The summed E-state index contributed by atoms with van der Waals surface area (Å²) in [6, 6.07) is 18.1. The van der Waals surface area contributed by atoms with Crippen LogP contribution in [0.2, 0.25) is 0 Å². The molecule has 2 N–H and O–H groups in total. The first-order valence-electron chi connectivity index (χ1n) is 12.6. The smallest absolute Gasteiger partial charge is 0.251 e. The van der Waals surface area contributed by atoms with E-state index in [4.69, 9.17) is 4.74 Å². The van der Waals surface area contributed by atoms with Crippen molar-refractivity contribution < 1.29 is 14.6 Å². The van der Waals surface area contributed by atoms with Crippen molar-refractivity contribution >= 4 is 11.6 Å². The molecule has 4 bridgehead atoms. The van der Waals surface area contributed by atoms with Gasteiger partial charge in [-0.25, -0.2) is 0 Å². The number of ether oxygens (including phenoxy) is 1. The molecule has 5 nitrogen and oxygen atoms in total. The first-order valence-corrected chi connectivity index (χ1v) is 12.6. The Morgan fingerprint density at radius 3 is 2.45 bits per heavy atom. The van der Waals surface area contributed by atoms with Crippen LogP contribution < -0.4 is 10.2 Å². The number of amides is 1. The van der Waals surface area contributed by atoms with Gasteiger partial charge in [0.05, 0.1) is 24.4 Å². The fourth-order valence-corrected chi connectivity index (χ4v) is 7.19. The van der Waals surface area contributed by atoms with E-state index in [1.807, 2.05) is 42.5 Å². The molecule has 5 fully saturated rings. The SMILES string of the molecule is O=C(NC1C2CC3CC(C2)CC1(O)C3)c1ccc(N2CC[C@@H](OCc3ccccc3)C2)cc1. The number of hydrogen-bond donors (Lipinski definition) is 2. The summed E-state index contributed by atoms with van der Waals surface area (Å²) in [5.41, 5.74) is 2.31. The molecule has 5 aliphatic rings. The summed E-state index contributed by atoms with van der Waals surface area (Å²) < 4.78 is 6.11. The molecular weight excluding hydrogens is 412 g/mol. The molecular formula is C28H34N2O3. The molecule has 0 aromatic heterocycles. The summed E-state index contributed by atoms with van der Waals surface area (Å²) in [6.45, 7) is 2.48. The van der Waals surface area contributed by atoms with Gasteiger partial charge in [-0.1, -0.05) is 30.3 Å². The van der Waals surface area contributed by atoms with E-state index in [-0.39, 0.29) is 18.1 Å². The zero-order chi connectivity index (χ0) is 22.4. The van der Waals surface area contributed by atoms with Gasteiger partial charge in [-0.2, -0.15) is 0 Å². The lowest BCUT2D eigenvalue weighted by Gasteiger charge is -2.58. The van der Waals surface area contributed by atoms with Gasteiger partial charge >= 0.3 is 0 Å². The van der Waals surface area contributed by atoms with Crippen molar-refractivity contribution in [3.05, 3.63) is 65.7 Å². The number of aliphatic hydroxyl groups is 1. The lowest BCUT2D eigenvalue weighted by molar-refractivity contribution is -0.146. The van der Waals surface area contributed by atoms with Crippen molar-refractivity contribution in [3.8, 4) is 0 Å². The Hall–Kier alpha value is -2.37. The molecule has 2 aromatic rings. The summed E-state index contributed by atoms with van der Waals surface area (Å²) in [7, 11) is 0. The summed E-state index contributed by atoms with van der Waals surface area (Å²) in [5.74, 6) is 1.68. The predicted molar refractivity (Wildman–Crippen MR) is 128 cm³/mol. The molecule has 1 amide bonds. The van der Waals surface area contributed by atoms with Crippen LogP contribution in [0.4, 0.5) is 5.69 Å². The van der Waals surface area contributed by atoms with Gasteiger partial charge in [-0.05, 0) is 86.1 Å². The second-order valence-corrected chi connectivity index (χ2v) is 10.9. The highest BCUT2D eigenvalue weighted by Crippen LogP contribution is 2.55. The Morgan fingerprint density at radius 2 is 1.76 bits per heavy atom. The molecule has 4 saturated carbocycles. The molecule has 7 rings (SSSR count). The van der Waals surface area contributed by atoms with Crippen molar-refractivity contribution in [1.29, 1.82) is 0 Å². The van der Waals surface area contributed by atoms with Gasteiger partial charge in [0.2, 0.25) is 0 Å². The number of benzene rings is 2. The normalized spacial score (nSPS) is 34.6. The van der Waals surface area contributed by atoms with Gasteiger partial charge in [0.15, 0.2) is 0 Å². The van der Waals surface area contributed by atoms with Crippen LogP contribution in [0, 0.1) is 17.8 Å². The Labute approximate surface area is 196 Å². The Morgan fingerprint density at radius 1 is 1.03 bits per heavy atom. The third-order valence-electron chi connectivity index (χ3n) is 8.53. The summed E-state index contributed by atoms with van der Waals surface area (Å²) in [5, 5.41) is 14.5. The molecule has 0 spiro atoms. The van der Waals surface area contributed by atoms with Crippen LogP contribution in [-0.2, 0) is 11.3 Å². The third kappa shape index (κ3) is 4.17. The van der Waals surface area contributed by atoms with E-state index in [0.29, 0.717) is 29.9 Å². The van der Waals surface area contributed by atoms with Gasteiger partial charge in [-0.3, -0.25) is 4.79 Å². The topological polar surface area (TPSA) is 61.8 Å². The van der Waals surface area contributed by atoms with E-state index >= 15 is 0 Å². The van der Waals surface area contributed by atoms with E-state index in [2.05, 4.69) is 22.3 Å². The van der Waals surface area contributed by atoms with Gasteiger partial charge in [0.1, 0.15) is 0 Å². The number of rotatable bonds is 6. The Bertz CT molecular complexity index is 978.